The van der Waals surface area contributed by atoms with Crippen molar-refractivity contribution in [2.75, 3.05) is 0 Å². The molecule has 0 nitrogen and oxygen atoms in total. The Bertz CT molecular complexity index is 350. The SMILES string of the molecule is CC1=CC2=CC(C)P(C(C)(C)C)C2=C1. The molecule has 76 valence electrons. The number of hydrogen-bond acceptors (Lipinski definition) is 0. The van der Waals surface area contributed by atoms with E-state index in [2.05, 4.69) is 52.8 Å². The lowest BCUT2D eigenvalue weighted by Gasteiger charge is -2.32. The first-order valence-electron chi connectivity index (χ1n) is 5.31. The van der Waals surface area contributed by atoms with Crippen LogP contribution in [0.15, 0.2) is 34.7 Å². The molecule has 1 aliphatic carbocycles. The Morgan fingerprint density at radius 1 is 1.21 bits per heavy atom. The molecule has 1 heterocycles. The summed E-state index contributed by atoms with van der Waals surface area (Å²) in [4.78, 5) is 0. The van der Waals surface area contributed by atoms with E-state index in [-0.39, 0.29) is 7.92 Å². The van der Waals surface area contributed by atoms with E-state index in [1.54, 1.807) is 5.31 Å². The van der Waals surface area contributed by atoms with Crippen LogP contribution in [0.25, 0.3) is 0 Å². The summed E-state index contributed by atoms with van der Waals surface area (Å²) >= 11 is 0. The van der Waals surface area contributed by atoms with Gasteiger partial charge in [-0.25, -0.2) is 0 Å². The monoisotopic (exact) mass is 206 g/mol. The highest BCUT2D eigenvalue weighted by atomic mass is 31.1. The third-order valence-electron chi connectivity index (χ3n) is 2.85. The molecule has 0 aromatic rings. The van der Waals surface area contributed by atoms with Crippen molar-refractivity contribution in [1.29, 1.82) is 0 Å². The highest BCUT2D eigenvalue weighted by molar-refractivity contribution is 7.65. The van der Waals surface area contributed by atoms with Gasteiger partial charge in [-0.2, -0.15) is 0 Å². The van der Waals surface area contributed by atoms with Gasteiger partial charge in [0.1, 0.15) is 0 Å². The van der Waals surface area contributed by atoms with Crippen LogP contribution in [0.3, 0.4) is 0 Å². The zero-order valence-corrected chi connectivity index (χ0v) is 10.7. The van der Waals surface area contributed by atoms with Crippen molar-refractivity contribution in [3.63, 3.8) is 0 Å². The van der Waals surface area contributed by atoms with Crippen LogP contribution >= 0.6 is 7.92 Å². The van der Waals surface area contributed by atoms with Gasteiger partial charge in [0.25, 0.3) is 0 Å². The van der Waals surface area contributed by atoms with E-state index in [1.807, 2.05) is 0 Å². The molecule has 2 atom stereocenters. The summed E-state index contributed by atoms with van der Waals surface area (Å²) < 4.78 is 0. The van der Waals surface area contributed by atoms with Gasteiger partial charge >= 0.3 is 0 Å². The quantitative estimate of drug-likeness (QED) is 0.514. The fourth-order valence-electron chi connectivity index (χ4n) is 2.53. The molecule has 14 heavy (non-hydrogen) atoms. The molecule has 0 fully saturated rings. The van der Waals surface area contributed by atoms with Gasteiger partial charge in [-0.15, -0.1) is 0 Å². The number of allylic oxidation sites excluding steroid dienone is 6. The summed E-state index contributed by atoms with van der Waals surface area (Å²) in [7, 11) is 0.00206. The van der Waals surface area contributed by atoms with E-state index in [0.29, 0.717) is 5.16 Å². The molecule has 1 aliphatic heterocycles. The van der Waals surface area contributed by atoms with Crippen LogP contribution in [0, 0.1) is 0 Å². The van der Waals surface area contributed by atoms with Crippen molar-refractivity contribution in [2.45, 2.75) is 45.4 Å². The van der Waals surface area contributed by atoms with Crippen LogP contribution in [0.5, 0.6) is 0 Å². The van der Waals surface area contributed by atoms with Crippen molar-refractivity contribution in [3.05, 3.63) is 34.7 Å². The van der Waals surface area contributed by atoms with Crippen molar-refractivity contribution in [1.82, 2.24) is 0 Å². The van der Waals surface area contributed by atoms with E-state index in [4.69, 9.17) is 0 Å². The average Bonchev–Trinajstić information content (AvgIpc) is 2.38. The van der Waals surface area contributed by atoms with Gasteiger partial charge in [-0.05, 0) is 34.2 Å². The number of rotatable bonds is 0. The fourth-order valence-corrected chi connectivity index (χ4v) is 5.98. The number of fused-ring (bicyclic) bond motifs is 1. The highest BCUT2D eigenvalue weighted by Crippen LogP contribution is 2.67. The molecule has 0 spiro atoms. The van der Waals surface area contributed by atoms with Crippen LogP contribution in [0.4, 0.5) is 0 Å². The van der Waals surface area contributed by atoms with E-state index in [9.17, 15) is 0 Å². The maximum atomic E-state index is 2.46. The predicted molar refractivity (Wildman–Crippen MR) is 66.1 cm³/mol. The lowest BCUT2D eigenvalue weighted by atomic mass is 10.2. The summed E-state index contributed by atoms with van der Waals surface area (Å²) in [6.45, 7) is 11.7. The summed E-state index contributed by atoms with van der Waals surface area (Å²) in [5.41, 5.74) is 3.70. The normalized spacial score (nSPS) is 31.1. The first kappa shape index (κ1) is 10.2. The van der Waals surface area contributed by atoms with Gasteiger partial charge in [0.15, 0.2) is 0 Å². The smallest absolute Gasteiger partial charge is 0.000366 e. The Morgan fingerprint density at radius 2 is 1.86 bits per heavy atom. The van der Waals surface area contributed by atoms with Gasteiger partial charge in [-0.1, -0.05) is 53.8 Å². The zero-order chi connectivity index (χ0) is 10.5. The van der Waals surface area contributed by atoms with Crippen molar-refractivity contribution >= 4 is 7.92 Å². The molecule has 2 aliphatic rings. The van der Waals surface area contributed by atoms with Crippen molar-refractivity contribution < 1.29 is 0 Å². The topological polar surface area (TPSA) is 0 Å². The predicted octanol–water partition coefficient (Wildman–Crippen LogP) is 4.44. The van der Waals surface area contributed by atoms with E-state index in [1.165, 1.54) is 11.1 Å². The Labute approximate surface area is 88.5 Å². The van der Waals surface area contributed by atoms with E-state index in [0.717, 1.165) is 5.66 Å². The fraction of sp³-hybridized carbons (Fsp3) is 0.538. The van der Waals surface area contributed by atoms with Crippen LogP contribution in [0.1, 0.15) is 34.6 Å². The van der Waals surface area contributed by atoms with E-state index >= 15 is 0 Å². The van der Waals surface area contributed by atoms with E-state index < -0.39 is 0 Å². The van der Waals surface area contributed by atoms with Crippen LogP contribution < -0.4 is 0 Å². The van der Waals surface area contributed by atoms with Gasteiger partial charge < -0.3 is 0 Å². The maximum Gasteiger partial charge on any atom is -0.000366 e. The molecular weight excluding hydrogens is 187 g/mol. The molecule has 0 radical (unpaired) electrons. The molecule has 0 saturated carbocycles. The zero-order valence-electron chi connectivity index (χ0n) is 9.76. The van der Waals surface area contributed by atoms with Crippen LogP contribution in [-0.2, 0) is 0 Å². The minimum absolute atomic E-state index is 0.00206. The van der Waals surface area contributed by atoms with Crippen molar-refractivity contribution in [2.24, 2.45) is 0 Å². The summed E-state index contributed by atoms with van der Waals surface area (Å²) in [6, 6.07) is 0. The lowest BCUT2D eigenvalue weighted by molar-refractivity contribution is 0.781. The molecule has 0 aromatic heterocycles. The molecule has 0 aromatic carbocycles. The summed E-state index contributed by atoms with van der Waals surface area (Å²) in [5, 5.41) is 2.08. The van der Waals surface area contributed by atoms with Crippen molar-refractivity contribution in [3.8, 4) is 0 Å². The Morgan fingerprint density at radius 3 is 2.43 bits per heavy atom. The average molecular weight is 206 g/mol. The van der Waals surface area contributed by atoms with Crippen LogP contribution in [-0.4, -0.2) is 10.8 Å². The second-order valence-electron chi connectivity index (χ2n) is 5.32. The molecule has 0 bridgehead atoms. The van der Waals surface area contributed by atoms with Crippen LogP contribution in [0.2, 0.25) is 0 Å². The molecule has 1 heteroatoms. The minimum Gasteiger partial charge on any atom is -0.0691 e. The third-order valence-corrected chi connectivity index (χ3v) is 6.17. The number of hydrogen-bond donors (Lipinski definition) is 0. The molecule has 0 N–H and O–H groups in total. The highest BCUT2D eigenvalue weighted by Gasteiger charge is 2.37. The molecule has 2 unspecified atom stereocenters. The largest absolute Gasteiger partial charge is 0.0691 e. The van der Waals surface area contributed by atoms with Gasteiger partial charge in [0.05, 0.1) is 0 Å². The van der Waals surface area contributed by atoms with Gasteiger partial charge in [-0.3, -0.25) is 0 Å². The second-order valence-corrected chi connectivity index (χ2v) is 8.70. The minimum atomic E-state index is 0.00206. The first-order valence-corrected chi connectivity index (χ1v) is 6.72. The summed E-state index contributed by atoms with van der Waals surface area (Å²) in [5.74, 6) is 0. The van der Waals surface area contributed by atoms with Gasteiger partial charge in [0, 0.05) is 0 Å². The standard InChI is InChI=1S/C13H19P/c1-9-6-11-8-10(2)14(12(11)7-9)13(3,4)5/h6-8,10H,1-5H3. The first-order chi connectivity index (χ1) is 6.39. The Kier molecular flexibility index (Phi) is 2.23. The Balaban J connectivity index is 2.38. The second kappa shape index (κ2) is 3.07. The lowest BCUT2D eigenvalue weighted by Crippen LogP contribution is -2.15. The molecular formula is C13H19P. The Hall–Kier alpha value is -0.350. The van der Waals surface area contributed by atoms with Gasteiger partial charge in [0.2, 0.25) is 0 Å². The molecule has 0 saturated heterocycles. The molecule has 2 rings (SSSR count). The molecule has 0 amide bonds. The summed E-state index contributed by atoms with van der Waals surface area (Å²) in [6.07, 6.45) is 7.19. The maximum absolute atomic E-state index is 2.46. The third kappa shape index (κ3) is 1.50.